The molecule has 4 nitrogen and oxygen atoms in total. The summed E-state index contributed by atoms with van der Waals surface area (Å²) < 4.78 is 11.2. The number of methoxy groups -OCH3 is 1. The van der Waals surface area contributed by atoms with E-state index in [0.29, 0.717) is 17.0 Å². The van der Waals surface area contributed by atoms with E-state index in [-0.39, 0.29) is 11.5 Å². The third-order valence-electron chi connectivity index (χ3n) is 4.44. The zero-order chi connectivity index (χ0) is 19.3. The van der Waals surface area contributed by atoms with Crippen LogP contribution in [0.4, 0.5) is 5.69 Å². The van der Waals surface area contributed by atoms with Crippen molar-refractivity contribution in [1.82, 2.24) is 0 Å². The van der Waals surface area contributed by atoms with E-state index in [1.165, 1.54) is 0 Å². The van der Waals surface area contributed by atoms with Crippen molar-refractivity contribution in [3.63, 3.8) is 0 Å². The molecule has 3 aromatic rings. The van der Waals surface area contributed by atoms with E-state index < -0.39 is 0 Å². The first-order chi connectivity index (χ1) is 13.0. The molecule has 1 amide bonds. The van der Waals surface area contributed by atoms with Crippen LogP contribution in [0.2, 0.25) is 0 Å². The molecule has 0 atom stereocenters. The smallest absolute Gasteiger partial charge is 0.255 e. The van der Waals surface area contributed by atoms with Crippen LogP contribution in [0, 0.1) is 0 Å². The van der Waals surface area contributed by atoms with Gasteiger partial charge in [-0.15, -0.1) is 0 Å². The van der Waals surface area contributed by atoms with Crippen LogP contribution in [0.3, 0.4) is 0 Å². The number of carbonyl (C=O) groups is 1. The lowest BCUT2D eigenvalue weighted by Gasteiger charge is -2.23. The van der Waals surface area contributed by atoms with Crippen molar-refractivity contribution in [3.05, 3.63) is 90.0 Å². The van der Waals surface area contributed by atoms with Crippen LogP contribution in [-0.4, -0.2) is 13.0 Å². The number of hydrogen-bond acceptors (Lipinski definition) is 3. The van der Waals surface area contributed by atoms with Gasteiger partial charge in [-0.2, -0.15) is 0 Å². The first-order valence-electron chi connectivity index (χ1n) is 8.78. The zero-order valence-electron chi connectivity index (χ0n) is 15.7. The molecule has 3 aromatic carbocycles. The monoisotopic (exact) mass is 361 g/mol. The highest BCUT2D eigenvalue weighted by Gasteiger charge is 2.19. The predicted octanol–water partition coefficient (Wildman–Crippen LogP) is 5.61. The molecule has 138 valence electrons. The number of rotatable bonds is 6. The number of ether oxygens (including phenoxy) is 2. The Labute approximate surface area is 159 Å². The Hall–Kier alpha value is -3.11. The molecule has 0 aliphatic carbocycles. The highest BCUT2D eigenvalue weighted by molar-refractivity contribution is 6.04. The van der Waals surface area contributed by atoms with Gasteiger partial charge in [-0.25, -0.2) is 0 Å². The summed E-state index contributed by atoms with van der Waals surface area (Å²) in [7, 11) is 1.67. The quantitative estimate of drug-likeness (QED) is 0.620. The summed E-state index contributed by atoms with van der Waals surface area (Å²) in [5, 5.41) is 2.90. The van der Waals surface area contributed by atoms with Gasteiger partial charge in [-0.1, -0.05) is 30.3 Å². The molecule has 0 unspecified atom stereocenters. The molecular formula is C23H23NO3. The number of hydrogen-bond donors (Lipinski definition) is 1. The van der Waals surface area contributed by atoms with Crippen molar-refractivity contribution in [3.8, 4) is 11.5 Å². The Morgan fingerprint density at radius 2 is 1.41 bits per heavy atom. The average Bonchev–Trinajstić information content (AvgIpc) is 2.70. The Kier molecular flexibility index (Phi) is 5.57. The number of nitrogens with one attached hydrogen (secondary N) is 1. The van der Waals surface area contributed by atoms with Crippen molar-refractivity contribution in [1.29, 1.82) is 0 Å². The van der Waals surface area contributed by atoms with E-state index in [4.69, 9.17) is 9.47 Å². The van der Waals surface area contributed by atoms with Crippen molar-refractivity contribution < 1.29 is 14.3 Å². The predicted molar refractivity (Wildman–Crippen MR) is 107 cm³/mol. The first kappa shape index (κ1) is 18.7. The van der Waals surface area contributed by atoms with Crippen LogP contribution in [0.25, 0.3) is 0 Å². The highest BCUT2D eigenvalue weighted by Crippen LogP contribution is 2.25. The molecule has 0 aliphatic rings. The summed E-state index contributed by atoms with van der Waals surface area (Å²) in [5.41, 5.74) is 1.93. The highest BCUT2D eigenvalue weighted by atomic mass is 16.5. The van der Waals surface area contributed by atoms with E-state index in [9.17, 15) is 4.79 Å². The van der Waals surface area contributed by atoms with E-state index in [1.54, 1.807) is 19.2 Å². The fraction of sp³-hybridized carbons (Fsp3) is 0.174. The van der Waals surface area contributed by atoms with Gasteiger partial charge in [0.15, 0.2) is 0 Å². The van der Waals surface area contributed by atoms with Crippen LogP contribution < -0.4 is 10.1 Å². The lowest BCUT2D eigenvalue weighted by atomic mass is 9.97. The van der Waals surface area contributed by atoms with Crippen LogP contribution in [0.1, 0.15) is 29.8 Å². The molecule has 3 rings (SSSR count). The maximum absolute atomic E-state index is 12.4. The molecule has 0 saturated carbocycles. The van der Waals surface area contributed by atoms with E-state index in [1.807, 2.05) is 80.6 Å². The second-order valence-corrected chi connectivity index (χ2v) is 6.69. The fourth-order valence-corrected chi connectivity index (χ4v) is 2.58. The van der Waals surface area contributed by atoms with Gasteiger partial charge in [-0.3, -0.25) is 4.79 Å². The average molecular weight is 361 g/mol. The Bertz CT molecular complexity index is 885. The number of amides is 1. The van der Waals surface area contributed by atoms with Crippen molar-refractivity contribution >= 4 is 11.6 Å². The van der Waals surface area contributed by atoms with Crippen LogP contribution >= 0.6 is 0 Å². The topological polar surface area (TPSA) is 47.6 Å². The van der Waals surface area contributed by atoms with Gasteiger partial charge in [0.05, 0.1) is 5.60 Å². The summed E-state index contributed by atoms with van der Waals surface area (Å²) in [6.45, 7) is 3.97. The number of carbonyl (C=O) groups excluding carboxylic acids is 1. The normalized spacial score (nSPS) is 11.1. The molecule has 0 saturated heterocycles. The largest absolute Gasteiger partial charge is 0.457 e. The lowest BCUT2D eigenvalue weighted by Crippen LogP contribution is -2.19. The SMILES string of the molecule is COC(C)(C)c1ccc(C(=O)Nc2ccc(Oc3ccccc3)cc2)cc1. The maximum Gasteiger partial charge on any atom is 0.255 e. The van der Waals surface area contributed by atoms with Gasteiger partial charge >= 0.3 is 0 Å². The van der Waals surface area contributed by atoms with E-state index in [0.717, 1.165) is 11.3 Å². The second kappa shape index (κ2) is 8.06. The van der Waals surface area contributed by atoms with Gasteiger partial charge in [0.2, 0.25) is 0 Å². The summed E-state index contributed by atoms with van der Waals surface area (Å²) in [4.78, 5) is 12.4. The van der Waals surface area contributed by atoms with Crippen LogP contribution in [-0.2, 0) is 10.3 Å². The summed E-state index contributed by atoms with van der Waals surface area (Å²) in [5.74, 6) is 1.33. The Balaban J connectivity index is 1.64. The third-order valence-corrected chi connectivity index (χ3v) is 4.44. The van der Waals surface area contributed by atoms with Gasteiger partial charge in [0.1, 0.15) is 11.5 Å². The molecule has 0 bridgehead atoms. The van der Waals surface area contributed by atoms with Gasteiger partial charge in [0.25, 0.3) is 5.91 Å². The molecule has 27 heavy (non-hydrogen) atoms. The maximum atomic E-state index is 12.4. The summed E-state index contributed by atoms with van der Waals surface area (Å²) in [6, 6.07) is 24.3. The molecular weight excluding hydrogens is 338 g/mol. The Morgan fingerprint density at radius 1 is 0.815 bits per heavy atom. The third kappa shape index (κ3) is 4.74. The molecule has 1 N–H and O–H groups in total. The van der Waals surface area contributed by atoms with Gasteiger partial charge in [0, 0.05) is 18.4 Å². The molecule has 0 heterocycles. The van der Waals surface area contributed by atoms with Gasteiger partial charge < -0.3 is 14.8 Å². The van der Waals surface area contributed by atoms with E-state index >= 15 is 0 Å². The minimum atomic E-state index is -0.385. The minimum Gasteiger partial charge on any atom is -0.457 e. The molecule has 0 fully saturated rings. The number of benzene rings is 3. The van der Waals surface area contributed by atoms with Crippen molar-refractivity contribution in [2.45, 2.75) is 19.4 Å². The van der Waals surface area contributed by atoms with Crippen molar-refractivity contribution in [2.24, 2.45) is 0 Å². The number of para-hydroxylation sites is 1. The van der Waals surface area contributed by atoms with Crippen LogP contribution in [0.5, 0.6) is 11.5 Å². The lowest BCUT2D eigenvalue weighted by molar-refractivity contribution is 0.0192. The van der Waals surface area contributed by atoms with E-state index in [2.05, 4.69) is 5.32 Å². The standard InChI is InChI=1S/C23H23NO3/c1-23(2,26-3)18-11-9-17(10-12-18)22(25)24-19-13-15-21(16-14-19)27-20-7-5-4-6-8-20/h4-16H,1-3H3,(H,24,25). The fourth-order valence-electron chi connectivity index (χ4n) is 2.58. The minimum absolute atomic E-state index is 0.159. The van der Waals surface area contributed by atoms with Crippen molar-refractivity contribution in [2.75, 3.05) is 12.4 Å². The second-order valence-electron chi connectivity index (χ2n) is 6.69. The molecule has 0 aromatic heterocycles. The molecule has 0 spiro atoms. The first-order valence-corrected chi connectivity index (χ1v) is 8.78. The summed E-state index contributed by atoms with van der Waals surface area (Å²) >= 11 is 0. The molecule has 0 aliphatic heterocycles. The number of anilines is 1. The Morgan fingerprint density at radius 3 is 2.00 bits per heavy atom. The zero-order valence-corrected chi connectivity index (χ0v) is 15.7. The van der Waals surface area contributed by atoms with Crippen LogP contribution in [0.15, 0.2) is 78.9 Å². The van der Waals surface area contributed by atoms with Gasteiger partial charge in [-0.05, 0) is 67.9 Å². The molecule has 0 radical (unpaired) electrons. The molecule has 4 heteroatoms. The summed E-state index contributed by atoms with van der Waals surface area (Å²) in [6.07, 6.45) is 0.